The quantitative estimate of drug-likeness (QED) is 0.850. The van der Waals surface area contributed by atoms with Crippen molar-refractivity contribution < 1.29 is 4.79 Å². The highest BCUT2D eigenvalue weighted by atomic mass is 16.2. The van der Waals surface area contributed by atoms with Crippen LogP contribution in [0.15, 0.2) is 24.3 Å². The van der Waals surface area contributed by atoms with Gasteiger partial charge >= 0.3 is 0 Å². The predicted octanol–water partition coefficient (Wildman–Crippen LogP) is 2.41. The molecule has 94 valence electrons. The maximum atomic E-state index is 12.2. The van der Waals surface area contributed by atoms with Crippen molar-refractivity contribution in [2.75, 3.05) is 7.05 Å². The SMILES string of the molecule is CCC(CC)N(C)C(=O)c1ccc(CN)cc1. The average Bonchev–Trinajstić information content (AvgIpc) is 2.39. The molecule has 3 heteroatoms. The molecular formula is C14H22N2O. The zero-order chi connectivity index (χ0) is 12.8. The molecule has 0 aromatic heterocycles. The molecule has 1 amide bonds. The minimum Gasteiger partial charge on any atom is -0.339 e. The Morgan fingerprint density at radius 2 is 1.76 bits per heavy atom. The Morgan fingerprint density at radius 1 is 1.24 bits per heavy atom. The van der Waals surface area contributed by atoms with Gasteiger partial charge in [-0.25, -0.2) is 0 Å². The Hall–Kier alpha value is -1.35. The van der Waals surface area contributed by atoms with Gasteiger partial charge in [0.15, 0.2) is 0 Å². The molecule has 1 rings (SSSR count). The lowest BCUT2D eigenvalue weighted by Gasteiger charge is -2.26. The first kappa shape index (κ1) is 13.7. The summed E-state index contributed by atoms with van der Waals surface area (Å²) < 4.78 is 0. The van der Waals surface area contributed by atoms with Crippen LogP contribution in [0.4, 0.5) is 0 Å². The van der Waals surface area contributed by atoms with Gasteiger partial charge in [0.1, 0.15) is 0 Å². The number of hydrogen-bond acceptors (Lipinski definition) is 2. The van der Waals surface area contributed by atoms with Gasteiger partial charge in [0.2, 0.25) is 0 Å². The lowest BCUT2D eigenvalue weighted by Crippen LogP contribution is -2.36. The summed E-state index contributed by atoms with van der Waals surface area (Å²) in [6.07, 6.45) is 1.97. The number of nitrogens with two attached hydrogens (primary N) is 1. The first-order chi connectivity index (χ1) is 8.13. The minimum absolute atomic E-state index is 0.0854. The lowest BCUT2D eigenvalue weighted by molar-refractivity contribution is 0.0723. The summed E-state index contributed by atoms with van der Waals surface area (Å²) in [6.45, 7) is 4.72. The van der Waals surface area contributed by atoms with Crippen LogP contribution in [0.1, 0.15) is 42.6 Å². The highest BCUT2D eigenvalue weighted by Crippen LogP contribution is 2.12. The summed E-state index contributed by atoms with van der Waals surface area (Å²) in [5.41, 5.74) is 7.31. The van der Waals surface area contributed by atoms with Crippen molar-refractivity contribution in [2.24, 2.45) is 5.73 Å². The average molecular weight is 234 g/mol. The lowest BCUT2D eigenvalue weighted by atomic mass is 10.1. The molecule has 0 aliphatic heterocycles. The summed E-state index contributed by atoms with van der Waals surface area (Å²) in [6, 6.07) is 7.84. The molecule has 0 heterocycles. The van der Waals surface area contributed by atoms with E-state index >= 15 is 0 Å². The van der Waals surface area contributed by atoms with Gasteiger partial charge < -0.3 is 10.6 Å². The normalized spacial score (nSPS) is 10.6. The number of amides is 1. The van der Waals surface area contributed by atoms with Gasteiger partial charge in [-0.3, -0.25) is 4.79 Å². The maximum absolute atomic E-state index is 12.2. The second-order valence-corrected chi connectivity index (χ2v) is 4.29. The number of carbonyl (C=O) groups is 1. The maximum Gasteiger partial charge on any atom is 0.253 e. The molecule has 0 saturated heterocycles. The van der Waals surface area contributed by atoms with Crippen LogP contribution in [-0.2, 0) is 6.54 Å². The first-order valence-electron chi connectivity index (χ1n) is 6.20. The molecule has 17 heavy (non-hydrogen) atoms. The van der Waals surface area contributed by atoms with Gasteiger partial charge in [-0.2, -0.15) is 0 Å². The van der Waals surface area contributed by atoms with Crippen LogP contribution in [-0.4, -0.2) is 23.9 Å². The molecule has 3 nitrogen and oxygen atoms in total. The molecule has 1 aromatic carbocycles. The van der Waals surface area contributed by atoms with E-state index in [2.05, 4.69) is 13.8 Å². The molecule has 0 saturated carbocycles. The van der Waals surface area contributed by atoms with Crippen molar-refractivity contribution in [3.63, 3.8) is 0 Å². The Labute approximate surface area is 104 Å². The second-order valence-electron chi connectivity index (χ2n) is 4.29. The molecule has 0 aliphatic carbocycles. The van der Waals surface area contributed by atoms with E-state index in [1.165, 1.54) is 0 Å². The van der Waals surface area contributed by atoms with Crippen LogP contribution in [0.25, 0.3) is 0 Å². The second kappa shape index (κ2) is 6.40. The smallest absolute Gasteiger partial charge is 0.253 e. The molecule has 0 spiro atoms. The van der Waals surface area contributed by atoms with Gasteiger partial charge in [0.05, 0.1) is 0 Å². The fraction of sp³-hybridized carbons (Fsp3) is 0.500. The van der Waals surface area contributed by atoms with E-state index in [1.54, 1.807) is 0 Å². The third kappa shape index (κ3) is 3.30. The monoisotopic (exact) mass is 234 g/mol. The van der Waals surface area contributed by atoms with Crippen molar-refractivity contribution in [2.45, 2.75) is 39.3 Å². The fourth-order valence-corrected chi connectivity index (χ4v) is 1.99. The van der Waals surface area contributed by atoms with Crippen molar-refractivity contribution >= 4 is 5.91 Å². The van der Waals surface area contributed by atoms with Crippen LogP contribution in [0.2, 0.25) is 0 Å². The Balaban J connectivity index is 2.80. The Bertz CT molecular complexity index is 355. The highest BCUT2D eigenvalue weighted by Gasteiger charge is 2.17. The summed E-state index contributed by atoms with van der Waals surface area (Å²) in [5, 5.41) is 0. The summed E-state index contributed by atoms with van der Waals surface area (Å²) in [5.74, 6) is 0.0854. The zero-order valence-corrected chi connectivity index (χ0v) is 10.9. The molecular weight excluding hydrogens is 212 g/mol. The van der Waals surface area contributed by atoms with E-state index in [0.717, 1.165) is 24.0 Å². The van der Waals surface area contributed by atoms with E-state index in [1.807, 2.05) is 36.2 Å². The summed E-state index contributed by atoms with van der Waals surface area (Å²) in [7, 11) is 1.87. The van der Waals surface area contributed by atoms with E-state index in [9.17, 15) is 4.79 Å². The van der Waals surface area contributed by atoms with Crippen LogP contribution < -0.4 is 5.73 Å². The Morgan fingerprint density at radius 3 is 2.18 bits per heavy atom. The zero-order valence-electron chi connectivity index (χ0n) is 10.9. The van der Waals surface area contributed by atoms with E-state index in [4.69, 9.17) is 5.73 Å². The first-order valence-corrected chi connectivity index (χ1v) is 6.20. The van der Waals surface area contributed by atoms with Gasteiger partial charge in [-0.15, -0.1) is 0 Å². The van der Waals surface area contributed by atoms with E-state index in [0.29, 0.717) is 12.6 Å². The van der Waals surface area contributed by atoms with Crippen molar-refractivity contribution in [1.82, 2.24) is 4.90 Å². The summed E-state index contributed by atoms with van der Waals surface area (Å²) >= 11 is 0. The van der Waals surface area contributed by atoms with Crippen LogP contribution in [0.5, 0.6) is 0 Å². The molecule has 0 radical (unpaired) electrons. The molecule has 0 aliphatic rings. The van der Waals surface area contributed by atoms with Gasteiger partial charge in [-0.1, -0.05) is 26.0 Å². The third-order valence-electron chi connectivity index (χ3n) is 3.25. The number of hydrogen-bond donors (Lipinski definition) is 1. The minimum atomic E-state index is 0.0854. The van der Waals surface area contributed by atoms with Crippen LogP contribution in [0.3, 0.4) is 0 Å². The Kier molecular flexibility index (Phi) is 5.16. The van der Waals surface area contributed by atoms with E-state index in [-0.39, 0.29) is 5.91 Å². The standard InChI is InChI=1S/C14H22N2O/c1-4-13(5-2)16(3)14(17)12-8-6-11(10-15)7-9-12/h6-9,13H,4-5,10,15H2,1-3H3. The molecule has 1 aromatic rings. The van der Waals surface area contributed by atoms with E-state index < -0.39 is 0 Å². The largest absolute Gasteiger partial charge is 0.339 e. The predicted molar refractivity (Wildman–Crippen MR) is 70.8 cm³/mol. The third-order valence-corrected chi connectivity index (χ3v) is 3.25. The van der Waals surface area contributed by atoms with Gasteiger partial charge in [0.25, 0.3) is 5.91 Å². The van der Waals surface area contributed by atoms with Crippen LogP contribution >= 0.6 is 0 Å². The number of benzene rings is 1. The van der Waals surface area contributed by atoms with Crippen molar-refractivity contribution in [3.8, 4) is 0 Å². The molecule has 0 atom stereocenters. The van der Waals surface area contributed by atoms with Gasteiger partial charge in [0, 0.05) is 25.2 Å². The van der Waals surface area contributed by atoms with Gasteiger partial charge in [-0.05, 0) is 30.5 Å². The molecule has 0 fully saturated rings. The molecule has 2 N–H and O–H groups in total. The fourth-order valence-electron chi connectivity index (χ4n) is 1.99. The van der Waals surface area contributed by atoms with Crippen molar-refractivity contribution in [3.05, 3.63) is 35.4 Å². The molecule has 0 unspecified atom stereocenters. The topological polar surface area (TPSA) is 46.3 Å². The molecule has 0 bridgehead atoms. The number of rotatable bonds is 5. The number of nitrogens with zero attached hydrogens (tertiary/aromatic N) is 1. The van der Waals surface area contributed by atoms with Crippen LogP contribution in [0, 0.1) is 0 Å². The van der Waals surface area contributed by atoms with Crippen molar-refractivity contribution in [1.29, 1.82) is 0 Å². The number of carbonyl (C=O) groups excluding carboxylic acids is 1. The summed E-state index contributed by atoms with van der Waals surface area (Å²) in [4.78, 5) is 14.0. The highest BCUT2D eigenvalue weighted by molar-refractivity contribution is 5.94.